The molecule has 90 valence electrons. The van der Waals surface area contributed by atoms with E-state index >= 15 is 0 Å². The van der Waals surface area contributed by atoms with Crippen molar-refractivity contribution in [1.82, 2.24) is 0 Å². The van der Waals surface area contributed by atoms with Crippen LogP contribution >= 0.6 is 0 Å². The third-order valence-electron chi connectivity index (χ3n) is 3.59. The van der Waals surface area contributed by atoms with Gasteiger partial charge in [0.15, 0.2) is 5.78 Å². The highest BCUT2D eigenvalue weighted by Crippen LogP contribution is 2.28. The average Bonchev–Trinajstić information content (AvgIpc) is 2.82. The maximum atomic E-state index is 12.3. The molecule has 2 aliphatic rings. The van der Waals surface area contributed by atoms with E-state index < -0.39 is 0 Å². The van der Waals surface area contributed by atoms with Gasteiger partial charge in [-0.15, -0.1) is 0 Å². The summed E-state index contributed by atoms with van der Waals surface area (Å²) in [6.45, 7) is 1.57. The zero-order valence-corrected chi connectivity index (χ0v) is 9.72. The summed E-state index contributed by atoms with van der Waals surface area (Å²) in [7, 11) is 0. The molecule has 1 unspecified atom stereocenters. The predicted molar refractivity (Wildman–Crippen MR) is 62.9 cm³/mol. The van der Waals surface area contributed by atoms with E-state index in [9.17, 15) is 4.79 Å². The van der Waals surface area contributed by atoms with Gasteiger partial charge in [-0.25, -0.2) is 0 Å². The van der Waals surface area contributed by atoms with Gasteiger partial charge in [-0.05, 0) is 24.0 Å². The molecule has 3 rings (SSSR count). The van der Waals surface area contributed by atoms with Crippen LogP contribution in [0.1, 0.15) is 11.1 Å². The lowest BCUT2D eigenvalue weighted by Crippen LogP contribution is -2.39. The Kier molecular flexibility index (Phi) is 2.95. The molecule has 0 amide bonds. The molecule has 1 atom stereocenters. The Balaban J connectivity index is 1.69. The lowest BCUT2D eigenvalue weighted by molar-refractivity contribution is -0.149. The van der Waals surface area contributed by atoms with E-state index in [1.807, 2.05) is 12.1 Å². The smallest absolute Gasteiger partial charge is 0.167 e. The van der Waals surface area contributed by atoms with Gasteiger partial charge < -0.3 is 9.47 Å². The summed E-state index contributed by atoms with van der Waals surface area (Å²) < 4.78 is 10.8. The SMILES string of the molecule is O=C(C1Cc2ccccc2C1)C1COCCO1. The van der Waals surface area contributed by atoms with Gasteiger partial charge in [0.1, 0.15) is 6.10 Å². The molecule has 0 aromatic heterocycles. The number of carbonyl (C=O) groups excluding carboxylic acids is 1. The van der Waals surface area contributed by atoms with Crippen LogP contribution in [0.25, 0.3) is 0 Å². The van der Waals surface area contributed by atoms with Crippen molar-refractivity contribution >= 4 is 5.78 Å². The largest absolute Gasteiger partial charge is 0.376 e. The molecular weight excluding hydrogens is 216 g/mol. The summed E-state index contributed by atoms with van der Waals surface area (Å²) >= 11 is 0. The number of ether oxygens (including phenoxy) is 2. The maximum absolute atomic E-state index is 12.3. The Morgan fingerprint density at radius 1 is 1.12 bits per heavy atom. The van der Waals surface area contributed by atoms with Crippen LogP contribution in [0.5, 0.6) is 0 Å². The summed E-state index contributed by atoms with van der Waals surface area (Å²) in [6, 6.07) is 8.29. The Bertz CT molecular complexity index is 396. The third kappa shape index (κ3) is 2.13. The molecule has 0 N–H and O–H groups in total. The van der Waals surface area contributed by atoms with Crippen LogP contribution in [0.15, 0.2) is 24.3 Å². The second-order valence-corrected chi connectivity index (χ2v) is 4.71. The zero-order chi connectivity index (χ0) is 11.7. The third-order valence-corrected chi connectivity index (χ3v) is 3.59. The average molecular weight is 232 g/mol. The van der Waals surface area contributed by atoms with E-state index in [0.717, 1.165) is 12.8 Å². The molecule has 3 nitrogen and oxygen atoms in total. The number of rotatable bonds is 2. The summed E-state index contributed by atoms with van der Waals surface area (Å²) in [6.07, 6.45) is 1.37. The first-order chi connectivity index (χ1) is 8.34. The molecule has 3 heteroatoms. The monoisotopic (exact) mass is 232 g/mol. The molecule has 1 aromatic rings. The number of ketones is 1. The highest BCUT2D eigenvalue weighted by Gasteiger charge is 2.33. The molecule has 1 fully saturated rings. The predicted octanol–water partition coefficient (Wildman–Crippen LogP) is 1.39. The van der Waals surface area contributed by atoms with E-state index in [1.54, 1.807) is 0 Å². The molecule has 1 saturated heterocycles. The van der Waals surface area contributed by atoms with Crippen LogP contribution in [0.2, 0.25) is 0 Å². The molecule has 1 aromatic carbocycles. The van der Waals surface area contributed by atoms with E-state index in [-0.39, 0.29) is 17.8 Å². The van der Waals surface area contributed by atoms with Gasteiger partial charge in [0, 0.05) is 5.92 Å². The summed E-state index contributed by atoms with van der Waals surface area (Å²) in [5.74, 6) is 0.292. The topological polar surface area (TPSA) is 35.5 Å². The minimum atomic E-state index is -0.344. The van der Waals surface area contributed by atoms with Crippen molar-refractivity contribution < 1.29 is 14.3 Å². The van der Waals surface area contributed by atoms with Crippen molar-refractivity contribution in [2.75, 3.05) is 19.8 Å². The molecule has 1 heterocycles. The fraction of sp³-hybridized carbons (Fsp3) is 0.500. The number of fused-ring (bicyclic) bond motifs is 1. The van der Waals surface area contributed by atoms with Crippen molar-refractivity contribution in [3.8, 4) is 0 Å². The molecule has 0 saturated carbocycles. The first kappa shape index (κ1) is 10.9. The Morgan fingerprint density at radius 2 is 1.82 bits per heavy atom. The molecule has 0 bridgehead atoms. The van der Waals surface area contributed by atoms with Crippen LogP contribution < -0.4 is 0 Å². The highest BCUT2D eigenvalue weighted by atomic mass is 16.6. The number of benzene rings is 1. The van der Waals surface area contributed by atoms with Crippen LogP contribution in [0.3, 0.4) is 0 Å². The van der Waals surface area contributed by atoms with Gasteiger partial charge in [-0.3, -0.25) is 4.79 Å². The number of carbonyl (C=O) groups is 1. The lowest BCUT2D eigenvalue weighted by Gasteiger charge is -2.24. The van der Waals surface area contributed by atoms with E-state index in [2.05, 4.69) is 12.1 Å². The Labute approximate surface area is 101 Å². The first-order valence-corrected chi connectivity index (χ1v) is 6.14. The Hall–Kier alpha value is -1.19. The minimum absolute atomic E-state index is 0.0825. The molecule has 17 heavy (non-hydrogen) atoms. The van der Waals surface area contributed by atoms with Crippen molar-refractivity contribution in [3.05, 3.63) is 35.4 Å². The van der Waals surface area contributed by atoms with Gasteiger partial charge in [0.2, 0.25) is 0 Å². The maximum Gasteiger partial charge on any atom is 0.167 e. The van der Waals surface area contributed by atoms with Gasteiger partial charge in [0.25, 0.3) is 0 Å². The van der Waals surface area contributed by atoms with Crippen molar-refractivity contribution in [1.29, 1.82) is 0 Å². The minimum Gasteiger partial charge on any atom is -0.376 e. The molecular formula is C14H16O3. The first-order valence-electron chi connectivity index (χ1n) is 6.14. The van der Waals surface area contributed by atoms with Gasteiger partial charge in [-0.2, -0.15) is 0 Å². The Morgan fingerprint density at radius 3 is 2.41 bits per heavy atom. The van der Waals surface area contributed by atoms with Gasteiger partial charge in [0.05, 0.1) is 19.8 Å². The second-order valence-electron chi connectivity index (χ2n) is 4.71. The van der Waals surface area contributed by atoms with Crippen LogP contribution in [-0.4, -0.2) is 31.7 Å². The molecule has 1 aliphatic carbocycles. The van der Waals surface area contributed by atoms with E-state index in [0.29, 0.717) is 19.8 Å². The summed E-state index contributed by atoms with van der Waals surface area (Å²) in [4.78, 5) is 12.3. The van der Waals surface area contributed by atoms with Crippen molar-refractivity contribution in [2.45, 2.75) is 18.9 Å². The molecule has 0 radical (unpaired) electrons. The standard InChI is InChI=1S/C14H16O3/c15-14(13-9-16-5-6-17-13)12-7-10-3-1-2-4-11(10)8-12/h1-4,12-13H,5-9H2. The fourth-order valence-corrected chi connectivity index (χ4v) is 2.67. The summed E-state index contributed by atoms with van der Waals surface area (Å²) in [5, 5.41) is 0. The van der Waals surface area contributed by atoms with Crippen LogP contribution in [0.4, 0.5) is 0 Å². The normalized spacial score (nSPS) is 24.6. The second kappa shape index (κ2) is 4.59. The van der Waals surface area contributed by atoms with Gasteiger partial charge >= 0.3 is 0 Å². The highest BCUT2D eigenvalue weighted by molar-refractivity contribution is 5.87. The lowest BCUT2D eigenvalue weighted by atomic mass is 9.97. The van der Waals surface area contributed by atoms with Crippen LogP contribution in [0, 0.1) is 5.92 Å². The van der Waals surface area contributed by atoms with Crippen LogP contribution in [-0.2, 0) is 27.1 Å². The molecule has 0 spiro atoms. The number of Topliss-reactive ketones (excluding diaryl/α,β-unsaturated/α-hetero) is 1. The van der Waals surface area contributed by atoms with Crippen molar-refractivity contribution in [3.63, 3.8) is 0 Å². The van der Waals surface area contributed by atoms with E-state index in [1.165, 1.54) is 11.1 Å². The summed E-state index contributed by atoms with van der Waals surface area (Å²) in [5.41, 5.74) is 2.62. The zero-order valence-electron chi connectivity index (χ0n) is 9.72. The van der Waals surface area contributed by atoms with Crippen molar-refractivity contribution in [2.24, 2.45) is 5.92 Å². The molecule has 1 aliphatic heterocycles. The van der Waals surface area contributed by atoms with Gasteiger partial charge in [-0.1, -0.05) is 24.3 Å². The fourth-order valence-electron chi connectivity index (χ4n) is 2.67. The number of hydrogen-bond acceptors (Lipinski definition) is 3. The van der Waals surface area contributed by atoms with E-state index in [4.69, 9.17) is 9.47 Å². The quantitative estimate of drug-likeness (QED) is 0.773. The number of hydrogen-bond donors (Lipinski definition) is 0.